The van der Waals surface area contributed by atoms with E-state index in [0.717, 1.165) is 32.1 Å². The third-order valence-corrected chi connectivity index (χ3v) is 4.44. The normalized spacial score (nSPS) is 18.0. The van der Waals surface area contributed by atoms with Crippen LogP contribution < -0.4 is 10.6 Å². The summed E-state index contributed by atoms with van der Waals surface area (Å²) in [5, 5.41) is 6.28. The maximum atomic E-state index is 11.5. The molecule has 24 heavy (non-hydrogen) atoms. The van der Waals surface area contributed by atoms with Gasteiger partial charge in [-0.3, -0.25) is 9.79 Å². The van der Waals surface area contributed by atoms with Gasteiger partial charge in [-0.1, -0.05) is 27.7 Å². The molecule has 1 heterocycles. The van der Waals surface area contributed by atoms with Crippen LogP contribution in [0.2, 0.25) is 0 Å². The summed E-state index contributed by atoms with van der Waals surface area (Å²) in [6.07, 6.45) is 1.22. The lowest BCUT2D eigenvalue weighted by atomic mass is 10.1. The number of hydrogen-bond donors (Lipinski definition) is 2. The van der Waals surface area contributed by atoms with E-state index in [9.17, 15) is 4.79 Å². The largest absolute Gasteiger partial charge is 0.354 e. The second-order valence-corrected chi connectivity index (χ2v) is 6.51. The standard InChI is InChI=1S/C17H35N5O.HI/c1-6-21(7-2)12-15-8-11-22(13-15)17(18-5)20-10-9-19-16(23)14(3)4;/h14-15H,6-13H2,1-5H3,(H,18,20)(H,19,23);1H. The van der Waals surface area contributed by atoms with Crippen LogP contribution in [0.3, 0.4) is 0 Å². The third-order valence-electron chi connectivity index (χ3n) is 4.44. The van der Waals surface area contributed by atoms with E-state index in [-0.39, 0.29) is 35.8 Å². The first kappa shape index (κ1) is 23.4. The number of carbonyl (C=O) groups excluding carboxylic acids is 1. The van der Waals surface area contributed by atoms with Crippen LogP contribution in [0.1, 0.15) is 34.1 Å². The molecule has 0 aromatic heterocycles. The summed E-state index contributed by atoms with van der Waals surface area (Å²) in [6.45, 7) is 15.1. The average Bonchev–Trinajstić information content (AvgIpc) is 3.00. The molecule has 2 N–H and O–H groups in total. The third kappa shape index (κ3) is 8.00. The summed E-state index contributed by atoms with van der Waals surface area (Å²) in [6, 6.07) is 0. The lowest BCUT2D eigenvalue weighted by molar-refractivity contribution is -0.123. The number of carbonyl (C=O) groups is 1. The van der Waals surface area contributed by atoms with E-state index < -0.39 is 0 Å². The molecule has 0 aromatic carbocycles. The highest BCUT2D eigenvalue weighted by Crippen LogP contribution is 2.17. The van der Waals surface area contributed by atoms with Crippen molar-refractivity contribution in [3.05, 3.63) is 0 Å². The molecular formula is C17H36IN5O. The molecule has 142 valence electrons. The Kier molecular flexibility index (Phi) is 12.4. The minimum Gasteiger partial charge on any atom is -0.354 e. The number of hydrogen-bond acceptors (Lipinski definition) is 3. The highest BCUT2D eigenvalue weighted by Gasteiger charge is 2.25. The van der Waals surface area contributed by atoms with Gasteiger partial charge < -0.3 is 20.4 Å². The van der Waals surface area contributed by atoms with E-state index in [1.165, 1.54) is 13.0 Å². The van der Waals surface area contributed by atoms with Crippen molar-refractivity contribution in [3.8, 4) is 0 Å². The minimum absolute atomic E-state index is 0. The molecule has 1 fully saturated rings. The van der Waals surface area contributed by atoms with Crippen molar-refractivity contribution >= 4 is 35.8 Å². The highest BCUT2D eigenvalue weighted by atomic mass is 127. The Morgan fingerprint density at radius 1 is 1.25 bits per heavy atom. The molecule has 1 aliphatic heterocycles. The number of nitrogens with zero attached hydrogens (tertiary/aromatic N) is 3. The van der Waals surface area contributed by atoms with Crippen molar-refractivity contribution in [1.29, 1.82) is 0 Å². The number of guanidine groups is 1. The van der Waals surface area contributed by atoms with Crippen molar-refractivity contribution in [2.24, 2.45) is 16.8 Å². The molecular weight excluding hydrogens is 417 g/mol. The fourth-order valence-electron chi connectivity index (χ4n) is 2.92. The van der Waals surface area contributed by atoms with Gasteiger partial charge in [-0.2, -0.15) is 0 Å². The van der Waals surface area contributed by atoms with Crippen LogP contribution in [-0.2, 0) is 4.79 Å². The maximum Gasteiger partial charge on any atom is 0.222 e. The fraction of sp³-hybridized carbons (Fsp3) is 0.882. The van der Waals surface area contributed by atoms with Crippen molar-refractivity contribution < 1.29 is 4.79 Å². The second-order valence-electron chi connectivity index (χ2n) is 6.51. The van der Waals surface area contributed by atoms with E-state index >= 15 is 0 Å². The first-order valence-corrected chi connectivity index (χ1v) is 8.97. The first-order valence-electron chi connectivity index (χ1n) is 8.97. The van der Waals surface area contributed by atoms with Gasteiger partial charge >= 0.3 is 0 Å². The van der Waals surface area contributed by atoms with Gasteiger partial charge in [0, 0.05) is 45.7 Å². The number of aliphatic imine (C=N–C) groups is 1. The molecule has 0 radical (unpaired) electrons. The van der Waals surface area contributed by atoms with Crippen molar-refractivity contribution in [2.75, 3.05) is 52.9 Å². The molecule has 0 spiro atoms. The molecule has 6 nitrogen and oxygen atoms in total. The summed E-state index contributed by atoms with van der Waals surface area (Å²) in [5.74, 6) is 1.80. The number of likely N-dealkylation sites (tertiary alicyclic amines) is 1. The van der Waals surface area contributed by atoms with Crippen LogP contribution in [0, 0.1) is 11.8 Å². The lowest BCUT2D eigenvalue weighted by Gasteiger charge is -2.24. The summed E-state index contributed by atoms with van der Waals surface area (Å²) >= 11 is 0. The molecule has 0 aromatic rings. The van der Waals surface area contributed by atoms with Gasteiger partial charge in [0.05, 0.1) is 0 Å². The smallest absolute Gasteiger partial charge is 0.222 e. The predicted octanol–water partition coefficient (Wildman–Crippen LogP) is 1.62. The molecule has 0 bridgehead atoms. The van der Waals surface area contributed by atoms with Crippen LogP contribution >= 0.6 is 24.0 Å². The summed E-state index contributed by atoms with van der Waals surface area (Å²) in [4.78, 5) is 20.7. The zero-order valence-electron chi connectivity index (χ0n) is 16.0. The molecule has 1 aliphatic rings. The van der Waals surface area contributed by atoms with Crippen molar-refractivity contribution in [1.82, 2.24) is 20.4 Å². The number of halogens is 1. The van der Waals surface area contributed by atoms with Crippen molar-refractivity contribution in [3.63, 3.8) is 0 Å². The Bertz CT molecular complexity index is 385. The molecule has 7 heteroatoms. The Labute approximate surface area is 164 Å². The van der Waals surface area contributed by atoms with Gasteiger partial charge in [0.2, 0.25) is 5.91 Å². The zero-order chi connectivity index (χ0) is 17.2. The second kappa shape index (κ2) is 12.7. The maximum absolute atomic E-state index is 11.5. The Morgan fingerprint density at radius 2 is 1.88 bits per heavy atom. The van der Waals surface area contributed by atoms with E-state index in [2.05, 4.69) is 39.3 Å². The van der Waals surface area contributed by atoms with Gasteiger partial charge in [0.1, 0.15) is 0 Å². The van der Waals surface area contributed by atoms with E-state index in [1.54, 1.807) is 0 Å². The van der Waals surface area contributed by atoms with Crippen molar-refractivity contribution in [2.45, 2.75) is 34.1 Å². The fourth-order valence-corrected chi connectivity index (χ4v) is 2.92. The lowest BCUT2D eigenvalue weighted by Crippen LogP contribution is -2.44. The van der Waals surface area contributed by atoms with Crippen LogP contribution in [-0.4, -0.2) is 74.5 Å². The number of nitrogens with one attached hydrogen (secondary N) is 2. The molecule has 1 saturated heterocycles. The average molecular weight is 453 g/mol. The van der Waals surface area contributed by atoms with E-state index in [1.807, 2.05) is 20.9 Å². The van der Waals surface area contributed by atoms with Crippen LogP contribution in [0.25, 0.3) is 0 Å². The summed E-state index contributed by atoms with van der Waals surface area (Å²) in [7, 11) is 1.83. The summed E-state index contributed by atoms with van der Waals surface area (Å²) in [5.41, 5.74) is 0. The van der Waals surface area contributed by atoms with Gasteiger partial charge in [-0.15, -0.1) is 24.0 Å². The Balaban J connectivity index is 0.00000529. The topological polar surface area (TPSA) is 60.0 Å². The molecule has 1 atom stereocenters. The predicted molar refractivity (Wildman–Crippen MR) is 112 cm³/mol. The molecule has 1 unspecified atom stereocenters. The SMILES string of the molecule is CCN(CC)CC1CCN(C(=NC)NCCNC(=O)C(C)C)C1.I. The van der Waals surface area contributed by atoms with Crippen LogP contribution in [0.15, 0.2) is 4.99 Å². The first-order chi connectivity index (χ1) is 11.0. The quantitative estimate of drug-likeness (QED) is 0.254. The van der Waals surface area contributed by atoms with Gasteiger partial charge in [-0.05, 0) is 25.4 Å². The van der Waals surface area contributed by atoms with Crippen LogP contribution in [0.4, 0.5) is 0 Å². The highest BCUT2D eigenvalue weighted by molar-refractivity contribution is 14.0. The van der Waals surface area contributed by atoms with Gasteiger partial charge in [0.15, 0.2) is 5.96 Å². The molecule has 0 saturated carbocycles. The van der Waals surface area contributed by atoms with E-state index in [0.29, 0.717) is 19.0 Å². The number of rotatable bonds is 8. The number of amides is 1. The van der Waals surface area contributed by atoms with Crippen LogP contribution in [0.5, 0.6) is 0 Å². The minimum atomic E-state index is 0. The Morgan fingerprint density at radius 3 is 2.42 bits per heavy atom. The zero-order valence-corrected chi connectivity index (χ0v) is 18.3. The Hall–Kier alpha value is -0.570. The van der Waals surface area contributed by atoms with E-state index in [4.69, 9.17) is 0 Å². The molecule has 0 aliphatic carbocycles. The molecule has 1 rings (SSSR count). The van der Waals surface area contributed by atoms with Gasteiger partial charge in [-0.25, -0.2) is 0 Å². The van der Waals surface area contributed by atoms with Gasteiger partial charge in [0.25, 0.3) is 0 Å². The monoisotopic (exact) mass is 453 g/mol. The summed E-state index contributed by atoms with van der Waals surface area (Å²) < 4.78 is 0. The molecule has 1 amide bonds.